The predicted octanol–water partition coefficient (Wildman–Crippen LogP) is 5.29. The zero-order valence-corrected chi connectivity index (χ0v) is 22.0. The second kappa shape index (κ2) is 10.4. The number of likely N-dealkylation sites (tertiary alicyclic amines) is 2. The van der Waals surface area contributed by atoms with E-state index in [1.54, 1.807) is 11.1 Å². The first-order chi connectivity index (χ1) is 17.8. The van der Waals surface area contributed by atoms with Crippen molar-refractivity contribution in [2.45, 2.75) is 52.6 Å². The van der Waals surface area contributed by atoms with Gasteiger partial charge >= 0.3 is 6.09 Å². The molecule has 0 atom stereocenters. The lowest BCUT2D eigenvalue weighted by Gasteiger charge is -2.32. The summed E-state index contributed by atoms with van der Waals surface area (Å²) < 4.78 is 13.6. The molecule has 0 radical (unpaired) electrons. The van der Waals surface area contributed by atoms with Crippen LogP contribution >= 0.6 is 0 Å². The van der Waals surface area contributed by atoms with E-state index < -0.39 is 0 Å². The van der Waals surface area contributed by atoms with Crippen LogP contribution in [0.4, 0.5) is 4.79 Å². The SMILES string of the molecule is CC(C)(C)COC(=O)N1CCC(Oc2ccc(-n3ccc4cc(C(=O)N5CCCC5)ccc43)nc2)CC1. The Kier molecular flexibility index (Phi) is 7.09. The fraction of sp³-hybridized carbons (Fsp3) is 0.483. The van der Waals surface area contributed by atoms with E-state index in [4.69, 9.17) is 9.47 Å². The highest BCUT2D eigenvalue weighted by molar-refractivity contribution is 5.98. The number of amides is 2. The highest BCUT2D eigenvalue weighted by atomic mass is 16.6. The minimum absolute atomic E-state index is 0.0401. The Morgan fingerprint density at radius 2 is 1.73 bits per heavy atom. The number of aromatic nitrogens is 2. The maximum atomic E-state index is 12.8. The molecule has 37 heavy (non-hydrogen) atoms. The lowest BCUT2D eigenvalue weighted by atomic mass is 9.99. The lowest BCUT2D eigenvalue weighted by molar-refractivity contribution is 0.0496. The van der Waals surface area contributed by atoms with Gasteiger partial charge in [0, 0.05) is 56.2 Å². The average molecular weight is 505 g/mol. The summed E-state index contributed by atoms with van der Waals surface area (Å²) >= 11 is 0. The smallest absolute Gasteiger partial charge is 0.409 e. The van der Waals surface area contributed by atoms with E-state index in [1.807, 2.05) is 72.8 Å². The molecule has 0 saturated carbocycles. The first kappa shape index (κ1) is 25.1. The van der Waals surface area contributed by atoms with Gasteiger partial charge in [0.05, 0.1) is 18.3 Å². The van der Waals surface area contributed by atoms with Crippen LogP contribution < -0.4 is 4.74 Å². The Morgan fingerprint density at radius 1 is 0.973 bits per heavy atom. The molecule has 2 aromatic heterocycles. The molecular formula is C29H36N4O4. The van der Waals surface area contributed by atoms with Crippen LogP contribution in [0.1, 0.15) is 56.8 Å². The number of hydrogen-bond donors (Lipinski definition) is 0. The van der Waals surface area contributed by atoms with Crippen LogP contribution in [0.3, 0.4) is 0 Å². The summed E-state index contributed by atoms with van der Waals surface area (Å²) in [5.41, 5.74) is 1.70. The average Bonchev–Trinajstić information content (AvgIpc) is 3.58. The Bertz CT molecular complexity index is 1250. The first-order valence-electron chi connectivity index (χ1n) is 13.2. The molecule has 3 aromatic rings. The van der Waals surface area contributed by atoms with Crippen molar-refractivity contribution in [2.75, 3.05) is 32.8 Å². The van der Waals surface area contributed by atoms with E-state index in [0.717, 1.165) is 61.1 Å². The molecule has 2 amide bonds. The summed E-state index contributed by atoms with van der Waals surface area (Å²) in [7, 11) is 0. The molecule has 2 aliphatic heterocycles. The quantitative estimate of drug-likeness (QED) is 0.472. The first-order valence-corrected chi connectivity index (χ1v) is 13.2. The normalized spacial score (nSPS) is 16.8. The van der Waals surface area contributed by atoms with Crippen LogP contribution in [0.25, 0.3) is 16.7 Å². The van der Waals surface area contributed by atoms with Gasteiger partial charge < -0.3 is 23.8 Å². The predicted molar refractivity (Wildman–Crippen MR) is 142 cm³/mol. The number of nitrogens with zero attached hydrogens (tertiary/aromatic N) is 4. The van der Waals surface area contributed by atoms with E-state index in [9.17, 15) is 9.59 Å². The second-order valence-electron chi connectivity index (χ2n) is 11.2. The molecule has 0 N–H and O–H groups in total. The Hall–Kier alpha value is -3.55. The summed E-state index contributed by atoms with van der Waals surface area (Å²) in [6.45, 7) is 9.49. The molecule has 2 aliphatic rings. The topological polar surface area (TPSA) is 76.9 Å². The molecular weight excluding hydrogens is 468 g/mol. The fourth-order valence-corrected chi connectivity index (χ4v) is 4.88. The van der Waals surface area contributed by atoms with Crippen molar-refractivity contribution in [1.82, 2.24) is 19.4 Å². The van der Waals surface area contributed by atoms with Crippen LogP contribution in [0, 0.1) is 5.41 Å². The summed E-state index contributed by atoms with van der Waals surface area (Å²) in [4.78, 5) is 33.4. The zero-order chi connectivity index (χ0) is 26.0. The minimum Gasteiger partial charge on any atom is -0.489 e. The van der Waals surface area contributed by atoms with Crippen molar-refractivity contribution >= 4 is 22.9 Å². The summed E-state index contributed by atoms with van der Waals surface area (Å²) in [5.74, 6) is 1.62. The number of pyridine rings is 1. The maximum absolute atomic E-state index is 12.8. The number of rotatable bonds is 5. The highest BCUT2D eigenvalue weighted by Gasteiger charge is 2.26. The highest BCUT2D eigenvalue weighted by Crippen LogP contribution is 2.25. The van der Waals surface area contributed by atoms with Crippen molar-refractivity contribution in [3.8, 4) is 11.6 Å². The van der Waals surface area contributed by atoms with Crippen LogP contribution in [0.15, 0.2) is 48.8 Å². The van der Waals surface area contributed by atoms with Gasteiger partial charge in [-0.25, -0.2) is 9.78 Å². The number of carbonyl (C=O) groups excluding carboxylic acids is 2. The monoisotopic (exact) mass is 504 g/mol. The fourth-order valence-electron chi connectivity index (χ4n) is 4.88. The van der Waals surface area contributed by atoms with Crippen LogP contribution in [-0.2, 0) is 4.74 Å². The second-order valence-corrected chi connectivity index (χ2v) is 11.2. The van der Waals surface area contributed by atoms with Crippen molar-refractivity contribution in [1.29, 1.82) is 0 Å². The van der Waals surface area contributed by atoms with Crippen LogP contribution in [0.2, 0.25) is 0 Å². The number of carbonyl (C=O) groups is 2. The largest absolute Gasteiger partial charge is 0.489 e. The van der Waals surface area contributed by atoms with Gasteiger partial charge in [0.2, 0.25) is 0 Å². The van der Waals surface area contributed by atoms with Gasteiger partial charge in [-0.3, -0.25) is 4.79 Å². The number of benzene rings is 1. The van der Waals surface area contributed by atoms with Gasteiger partial charge in [0.15, 0.2) is 0 Å². The van der Waals surface area contributed by atoms with Gasteiger partial charge in [0.1, 0.15) is 17.7 Å². The third-order valence-corrected chi connectivity index (χ3v) is 6.93. The number of ether oxygens (including phenoxy) is 2. The molecule has 0 spiro atoms. The van der Waals surface area contributed by atoms with Gasteiger partial charge in [-0.2, -0.15) is 0 Å². The summed E-state index contributed by atoms with van der Waals surface area (Å²) in [5, 5.41) is 1.01. The molecule has 0 aliphatic carbocycles. The third-order valence-electron chi connectivity index (χ3n) is 6.93. The molecule has 2 saturated heterocycles. The van der Waals surface area contributed by atoms with Crippen molar-refractivity contribution in [3.63, 3.8) is 0 Å². The Morgan fingerprint density at radius 3 is 2.41 bits per heavy atom. The van der Waals surface area contributed by atoms with Crippen molar-refractivity contribution in [3.05, 3.63) is 54.4 Å². The van der Waals surface area contributed by atoms with E-state index in [1.165, 1.54) is 0 Å². The van der Waals surface area contributed by atoms with Crippen LogP contribution in [-0.4, -0.2) is 70.2 Å². The number of hydrogen-bond acceptors (Lipinski definition) is 5. The molecule has 0 unspecified atom stereocenters. The molecule has 1 aromatic carbocycles. The zero-order valence-electron chi connectivity index (χ0n) is 22.0. The van der Waals surface area contributed by atoms with Gasteiger partial charge in [-0.1, -0.05) is 20.8 Å². The van der Waals surface area contributed by atoms with E-state index in [-0.39, 0.29) is 23.5 Å². The molecule has 2 fully saturated rings. The van der Waals surface area contributed by atoms with Gasteiger partial charge in [-0.15, -0.1) is 0 Å². The summed E-state index contributed by atoms with van der Waals surface area (Å²) in [6.07, 6.45) is 7.20. The molecule has 5 rings (SSSR count). The van der Waals surface area contributed by atoms with E-state index in [2.05, 4.69) is 4.98 Å². The van der Waals surface area contributed by atoms with Crippen LogP contribution in [0.5, 0.6) is 5.75 Å². The molecule has 0 bridgehead atoms. The molecule has 8 heteroatoms. The van der Waals surface area contributed by atoms with Crippen molar-refractivity contribution < 1.29 is 19.1 Å². The number of piperidine rings is 1. The lowest BCUT2D eigenvalue weighted by Crippen LogP contribution is -2.42. The van der Waals surface area contributed by atoms with E-state index in [0.29, 0.717) is 25.4 Å². The number of fused-ring (bicyclic) bond motifs is 1. The summed E-state index contributed by atoms with van der Waals surface area (Å²) in [6, 6.07) is 11.8. The third kappa shape index (κ3) is 5.89. The van der Waals surface area contributed by atoms with Gasteiger partial charge in [0.25, 0.3) is 5.91 Å². The van der Waals surface area contributed by atoms with Crippen molar-refractivity contribution in [2.24, 2.45) is 5.41 Å². The van der Waals surface area contributed by atoms with Gasteiger partial charge in [-0.05, 0) is 54.7 Å². The molecule has 8 nitrogen and oxygen atoms in total. The minimum atomic E-state index is -0.245. The molecule has 196 valence electrons. The molecule has 4 heterocycles. The Balaban J connectivity index is 1.18. The standard InChI is InChI=1S/C29H36N4O4/c1-29(2,3)20-36-28(35)32-15-11-23(12-16-32)37-24-7-9-26(30-19-24)33-17-10-21-18-22(6-8-25(21)33)27(34)31-13-4-5-14-31/h6-10,17-19,23H,4-5,11-16,20H2,1-3H3. The maximum Gasteiger partial charge on any atom is 0.409 e. The Labute approximate surface area is 218 Å². The van der Waals surface area contributed by atoms with E-state index >= 15 is 0 Å².